The fraction of sp³-hybridized carbons (Fsp3) is 0.500. The molecular weight excluding hydrogens is 289 g/mol. The zero-order valence-corrected chi connectivity index (χ0v) is 12.5. The summed E-state index contributed by atoms with van der Waals surface area (Å²) in [6.07, 6.45) is 0.298. The summed E-state index contributed by atoms with van der Waals surface area (Å²) in [4.78, 5) is 25.0. The Morgan fingerprint density at radius 3 is 2.95 bits per heavy atom. The van der Waals surface area contributed by atoms with Gasteiger partial charge in [-0.1, -0.05) is 19.1 Å². The van der Waals surface area contributed by atoms with E-state index in [-0.39, 0.29) is 30.7 Å². The topological polar surface area (TPSA) is 66.8 Å². The Labute approximate surface area is 128 Å². The van der Waals surface area contributed by atoms with Gasteiger partial charge < -0.3 is 14.7 Å². The fourth-order valence-corrected chi connectivity index (χ4v) is 2.70. The number of carboxylic acid groups (broad SMARTS) is 1. The summed E-state index contributed by atoms with van der Waals surface area (Å²) in [6.45, 7) is 2.82. The van der Waals surface area contributed by atoms with Gasteiger partial charge in [-0.25, -0.2) is 4.39 Å². The van der Waals surface area contributed by atoms with Crippen molar-refractivity contribution in [3.63, 3.8) is 0 Å². The Morgan fingerprint density at radius 2 is 2.27 bits per heavy atom. The molecule has 6 heteroatoms. The molecule has 0 bridgehead atoms. The quantitative estimate of drug-likeness (QED) is 0.899. The van der Waals surface area contributed by atoms with Crippen LogP contribution in [0.5, 0.6) is 0 Å². The summed E-state index contributed by atoms with van der Waals surface area (Å²) >= 11 is 0. The maximum Gasteiger partial charge on any atom is 0.305 e. The zero-order valence-electron chi connectivity index (χ0n) is 12.5. The average Bonchev–Trinajstić information content (AvgIpc) is 2.46. The molecule has 2 atom stereocenters. The number of aliphatic carboxylic acids is 1. The van der Waals surface area contributed by atoms with Gasteiger partial charge in [-0.05, 0) is 24.1 Å². The van der Waals surface area contributed by atoms with Crippen LogP contribution < -0.4 is 0 Å². The van der Waals surface area contributed by atoms with Crippen molar-refractivity contribution in [1.82, 2.24) is 4.90 Å². The highest BCUT2D eigenvalue weighted by molar-refractivity contribution is 5.80. The number of hydrogen-bond donors (Lipinski definition) is 1. The smallest absolute Gasteiger partial charge is 0.305 e. The number of carbonyl (C=O) groups is 2. The number of hydrogen-bond acceptors (Lipinski definition) is 3. The molecular formula is C16H20FNO4. The minimum Gasteiger partial charge on any atom is -0.481 e. The third-order valence-corrected chi connectivity index (χ3v) is 3.77. The highest BCUT2D eigenvalue weighted by atomic mass is 19.1. The van der Waals surface area contributed by atoms with Crippen LogP contribution in [-0.4, -0.2) is 47.7 Å². The molecule has 1 heterocycles. The van der Waals surface area contributed by atoms with Crippen LogP contribution in [0.4, 0.5) is 4.39 Å². The third-order valence-electron chi connectivity index (χ3n) is 3.77. The Bertz CT molecular complexity index is 549. The summed E-state index contributed by atoms with van der Waals surface area (Å²) in [7, 11) is 0. The second-order valence-corrected chi connectivity index (χ2v) is 5.59. The molecule has 1 aliphatic heterocycles. The molecule has 2 unspecified atom stereocenters. The molecule has 120 valence electrons. The summed E-state index contributed by atoms with van der Waals surface area (Å²) in [5.41, 5.74) is 0.754. The zero-order chi connectivity index (χ0) is 16.1. The van der Waals surface area contributed by atoms with Crippen molar-refractivity contribution in [1.29, 1.82) is 0 Å². The van der Waals surface area contributed by atoms with Gasteiger partial charge in [0.2, 0.25) is 5.91 Å². The van der Waals surface area contributed by atoms with E-state index in [0.717, 1.165) is 5.56 Å². The van der Waals surface area contributed by atoms with E-state index in [1.165, 1.54) is 12.1 Å². The molecule has 1 fully saturated rings. The normalized spacial score (nSPS) is 19.7. The first-order valence-corrected chi connectivity index (χ1v) is 7.32. The molecule has 1 aromatic carbocycles. The molecule has 0 radical (unpaired) electrons. The van der Waals surface area contributed by atoms with E-state index in [1.54, 1.807) is 24.0 Å². The van der Waals surface area contributed by atoms with Crippen molar-refractivity contribution in [3.05, 3.63) is 35.6 Å². The lowest BCUT2D eigenvalue weighted by atomic mass is 9.98. The van der Waals surface area contributed by atoms with E-state index in [9.17, 15) is 14.0 Å². The number of nitrogens with zero attached hydrogens (tertiary/aromatic N) is 1. The van der Waals surface area contributed by atoms with Crippen molar-refractivity contribution in [2.75, 3.05) is 19.8 Å². The second kappa shape index (κ2) is 7.35. The SMILES string of the molecule is CC(Cc1cccc(F)c1)C(=O)N1CCOCC1CC(=O)O. The molecule has 1 aliphatic rings. The van der Waals surface area contributed by atoms with Gasteiger partial charge in [-0.15, -0.1) is 0 Å². The number of halogens is 1. The van der Waals surface area contributed by atoms with E-state index in [4.69, 9.17) is 9.84 Å². The molecule has 0 saturated carbocycles. The predicted octanol–water partition coefficient (Wildman–Crippen LogP) is 1.71. The van der Waals surface area contributed by atoms with Gasteiger partial charge in [-0.3, -0.25) is 9.59 Å². The summed E-state index contributed by atoms with van der Waals surface area (Å²) in [5, 5.41) is 8.93. The van der Waals surface area contributed by atoms with Gasteiger partial charge in [0.15, 0.2) is 0 Å². The van der Waals surface area contributed by atoms with E-state index in [2.05, 4.69) is 0 Å². The van der Waals surface area contributed by atoms with E-state index >= 15 is 0 Å². The molecule has 1 aromatic rings. The van der Waals surface area contributed by atoms with Crippen LogP contribution in [-0.2, 0) is 20.7 Å². The van der Waals surface area contributed by atoms with E-state index < -0.39 is 12.0 Å². The van der Waals surface area contributed by atoms with Gasteiger partial charge in [0.25, 0.3) is 0 Å². The molecule has 1 saturated heterocycles. The van der Waals surface area contributed by atoms with Crippen LogP contribution in [0, 0.1) is 11.7 Å². The van der Waals surface area contributed by atoms with Crippen molar-refractivity contribution in [2.24, 2.45) is 5.92 Å². The molecule has 0 aliphatic carbocycles. The van der Waals surface area contributed by atoms with Crippen LogP contribution >= 0.6 is 0 Å². The maximum atomic E-state index is 13.2. The largest absolute Gasteiger partial charge is 0.481 e. The van der Waals surface area contributed by atoms with Gasteiger partial charge >= 0.3 is 5.97 Å². The average molecular weight is 309 g/mol. The molecule has 22 heavy (non-hydrogen) atoms. The minimum atomic E-state index is -0.953. The number of morpholine rings is 1. The van der Waals surface area contributed by atoms with Crippen molar-refractivity contribution < 1.29 is 23.8 Å². The Morgan fingerprint density at radius 1 is 1.50 bits per heavy atom. The number of carboxylic acids is 1. The lowest BCUT2D eigenvalue weighted by Gasteiger charge is -2.36. The first kappa shape index (κ1) is 16.4. The minimum absolute atomic E-state index is 0.112. The molecule has 5 nitrogen and oxygen atoms in total. The van der Waals surface area contributed by atoms with Crippen LogP contribution in [0.2, 0.25) is 0 Å². The van der Waals surface area contributed by atoms with Crippen LogP contribution in [0.15, 0.2) is 24.3 Å². The highest BCUT2D eigenvalue weighted by Gasteiger charge is 2.31. The second-order valence-electron chi connectivity index (χ2n) is 5.59. The summed E-state index contributed by atoms with van der Waals surface area (Å²) in [5.74, 6) is -1.73. The van der Waals surface area contributed by atoms with E-state index in [1.807, 2.05) is 0 Å². The van der Waals surface area contributed by atoms with Gasteiger partial charge in [0.1, 0.15) is 5.82 Å². The molecule has 1 N–H and O–H groups in total. The first-order valence-electron chi connectivity index (χ1n) is 7.32. The van der Waals surface area contributed by atoms with Crippen LogP contribution in [0.1, 0.15) is 18.9 Å². The molecule has 2 rings (SSSR count). The third kappa shape index (κ3) is 4.27. The van der Waals surface area contributed by atoms with Gasteiger partial charge in [0, 0.05) is 12.5 Å². The molecule has 0 spiro atoms. The Kier molecular flexibility index (Phi) is 5.49. The van der Waals surface area contributed by atoms with Crippen molar-refractivity contribution in [2.45, 2.75) is 25.8 Å². The Hall–Kier alpha value is -1.95. The van der Waals surface area contributed by atoms with Crippen molar-refractivity contribution in [3.8, 4) is 0 Å². The number of amides is 1. The van der Waals surface area contributed by atoms with Crippen LogP contribution in [0.3, 0.4) is 0 Å². The maximum absolute atomic E-state index is 13.2. The number of benzene rings is 1. The highest BCUT2D eigenvalue weighted by Crippen LogP contribution is 2.18. The van der Waals surface area contributed by atoms with Crippen molar-refractivity contribution >= 4 is 11.9 Å². The number of carbonyl (C=O) groups excluding carboxylic acids is 1. The van der Waals surface area contributed by atoms with Gasteiger partial charge in [0.05, 0.1) is 25.7 Å². The lowest BCUT2D eigenvalue weighted by Crippen LogP contribution is -2.51. The number of ether oxygens (including phenoxy) is 1. The van der Waals surface area contributed by atoms with E-state index in [0.29, 0.717) is 19.6 Å². The van der Waals surface area contributed by atoms with Crippen LogP contribution in [0.25, 0.3) is 0 Å². The fourth-order valence-electron chi connectivity index (χ4n) is 2.70. The van der Waals surface area contributed by atoms with Gasteiger partial charge in [-0.2, -0.15) is 0 Å². The number of rotatable bonds is 5. The monoisotopic (exact) mass is 309 g/mol. The summed E-state index contributed by atoms with van der Waals surface area (Å²) < 4.78 is 18.5. The Balaban J connectivity index is 2.02. The standard InChI is InChI=1S/C16H20FNO4/c1-11(7-12-3-2-4-13(17)8-12)16(21)18-5-6-22-10-14(18)9-15(19)20/h2-4,8,11,14H,5-7,9-10H2,1H3,(H,19,20). The molecule has 1 amide bonds. The summed E-state index contributed by atoms with van der Waals surface area (Å²) in [6, 6.07) is 5.73. The predicted molar refractivity (Wildman–Crippen MR) is 77.8 cm³/mol. The first-order chi connectivity index (χ1) is 10.5. The lowest BCUT2D eigenvalue weighted by molar-refractivity contribution is -0.148. The molecule has 0 aromatic heterocycles.